The second kappa shape index (κ2) is 6.87. The number of hydrogen-bond donors (Lipinski definition) is 1. The second-order valence-electron chi connectivity index (χ2n) is 6.75. The molecule has 4 aromatic rings. The molecule has 3 aromatic heterocycles. The summed E-state index contributed by atoms with van der Waals surface area (Å²) in [4.78, 5) is 9.48. The third-order valence-corrected chi connectivity index (χ3v) is 4.59. The number of anilines is 2. The molecule has 3 heterocycles. The van der Waals surface area contributed by atoms with Gasteiger partial charge in [0.15, 0.2) is 11.3 Å². The van der Waals surface area contributed by atoms with E-state index in [1.54, 1.807) is 7.11 Å². The number of nitrogens with zero attached hydrogens (tertiary/aromatic N) is 4. The van der Waals surface area contributed by atoms with Gasteiger partial charge in [0.05, 0.1) is 12.5 Å². The highest BCUT2D eigenvalue weighted by atomic mass is 16.5. The van der Waals surface area contributed by atoms with Crippen LogP contribution in [0.1, 0.15) is 30.3 Å². The van der Waals surface area contributed by atoms with E-state index in [0.29, 0.717) is 0 Å². The van der Waals surface area contributed by atoms with Crippen LogP contribution in [0.4, 0.5) is 11.5 Å². The summed E-state index contributed by atoms with van der Waals surface area (Å²) in [5.74, 6) is 1.70. The van der Waals surface area contributed by atoms with Gasteiger partial charge < -0.3 is 10.1 Å². The molecule has 0 aliphatic rings. The van der Waals surface area contributed by atoms with E-state index in [9.17, 15) is 0 Å². The van der Waals surface area contributed by atoms with Gasteiger partial charge in [-0.2, -0.15) is 4.52 Å². The van der Waals surface area contributed by atoms with E-state index in [1.807, 2.05) is 35.7 Å². The predicted octanol–water partition coefficient (Wildman–Crippen LogP) is 4.60. The fourth-order valence-electron chi connectivity index (χ4n) is 3.37. The molecule has 1 aromatic carbocycles. The first-order valence-electron chi connectivity index (χ1n) is 9.16. The molecule has 0 bridgehead atoms. The fraction of sp³-hybridized carbons (Fsp3) is 0.286. The normalized spacial score (nSPS) is 11.3. The smallest absolute Gasteiger partial charge is 0.184 e. The minimum atomic E-state index is 0.728. The van der Waals surface area contributed by atoms with Gasteiger partial charge in [-0.05, 0) is 56.2 Å². The number of aryl methyl sites for hydroxylation is 3. The molecule has 4 rings (SSSR count). The largest absolute Gasteiger partial charge is 0.497 e. The van der Waals surface area contributed by atoms with Gasteiger partial charge in [0.2, 0.25) is 0 Å². The Morgan fingerprint density at radius 1 is 1.07 bits per heavy atom. The molecule has 0 amide bonds. The van der Waals surface area contributed by atoms with Crippen LogP contribution in [0.15, 0.2) is 36.4 Å². The summed E-state index contributed by atoms with van der Waals surface area (Å²) in [5.41, 5.74) is 5.68. The summed E-state index contributed by atoms with van der Waals surface area (Å²) >= 11 is 0. The summed E-state index contributed by atoms with van der Waals surface area (Å²) in [6, 6.07) is 12.0. The van der Waals surface area contributed by atoms with Gasteiger partial charge in [0.25, 0.3) is 0 Å². The molecule has 0 fully saturated rings. The summed E-state index contributed by atoms with van der Waals surface area (Å²) in [6.07, 6.45) is 1.95. The van der Waals surface area contributed by atoms with Crippen molar-refractivity contribution in [1.82, 2.24) is 19.6 Å². The van der Waals surface area contributed by atoms with Crippen molar-refractivity contribution in [2.45, 2.75) is 33.6 Å². The van der Waals surface area contributed by atoms with Crippen LogP contribution in [-0.2, 0) is 6.42 Å². The van der Waals surface area contributed by atoms with Crippen molar-refractivity contribution in [3.63, 3.8) is 0 Å². The molecule has 0 aliphatic heterocycles. The highest BCUT2D eigenvalue weighted by molar-refractivity contribution is 5.93. The molecule has 1 N–H and O–H groups in total. The lowest BCUT2D eigenvalue weighted by Crippen LogP contribution is -2.04. The van der Waals surface area contributed by atoms with Gasteiger partial charge >= 0.3 is 0 Å². The summed E-state index contributed by atoms with van der Waals surface area (Å²) in [5, 5.41) is 9.20. The number of nitrogens with one attached hydrogen (secondary N) is 1. The van der Waals surface area contributed by atoms with Gasteiger partial charge in [-0.3, -0.25) is 0 Å². The lowest BCUT2D eigenvalue weighted by atomic mass is 10.2. The van der Waals surface area contributed by atoms with E-state index >= 15 is 0 Å². The number of benzene rings is 1. The molecule has 138 valence electrons. The second-order valence-corrected chi connectivity index (χ2v) is 6.75. The third kappa shape index (κ3) is 3.18. The number of rotatable bonds is 5. The third-order valence-electron chi connectivity index (χ3n) is 4.59. The van der Waals surface area contributed by atoms with E-state index in [-0.39, 0.29) is 0 Å². The summed E-state index contributed by atoms with van der Waals surface area (Å²) < 4.78 is 7.10. The Bertz CT molecular complexity index is 1120. The molecule has 0 spiro atoms. The first kappa shape index (κ1) is 17.3. The minimum Gasteiger partial charge on any atom is -0.497 e. The fourth-order valence-corrected chi connectivity index (χ4v) is 3.37. The van der Waals surface area contributed by atoms with Gasteiger partial charge in [0, 0.05) is 23.1 Å². The van der Waals surface area contributed by atoms with Crippen LogP contribution >= 0.6 is 0 Å². The average molecular weight is 361 g/mol. The van der Waals surface area contributed by atoms with Gasteiger partial charge in [-0.15, -0.1) is 5.10 Å². The van der Waals surface area contributed by atoms with Crippen molar-refractivity contribution < 1.29 is 4.74 Å². The monoisotopic (exact) mass is 361 g/mol. The maximum atomic E-state index is 5.24. The lowest BCUT2D eigenvalue weighted by Gasteiger charge is -2.11. The Labute approximate surface area is 158 Å². The number of fused-ring (bicyclic) bond motifs is 3. The van der Waals surface area contributed by atoms with Gasteiger partial charge in [0.1, 0.15) is 11.6 Å². The van der Waals surface area contributed by atoms with Gasteiger partial charge in [-0.1, -0.05) is 13.3 Å². The van der Waals surface area contributed by atoms with Crippen LogP contribution in [0.3, 0.4) is 0 Å². The number of aromatic nitrogens is 4. The molecular weight excluding hydrogens is 338 g/mol. The van der Waals surface area contributed by atoms with E-state index in [2.05, 4.69) is 36.3 Å². The SMILES string of the molecule is CCCc1cc(Nc2ccc(OC)cc2)n2nc3nc(C)cc(C)c3c2n1. The molecule has 27 heavy (non-hydrogen) atoms. The Morgan fingerprint density at radius 3 is 2.56 bits per heavy atom. The number of methoxy groups -OCH3 is 1. The molecule has 6 nitrogen and oxygen atoms in total. The maximum absolute atomic E-state index is 5.24. The molecule has 0 atom stereocenters. The lowest BCUT2D eigenvalue weighted by molar-refractivity contribution is 0.415. The zero-order valence-electron chi connectivity index (χ0n) is 16.1. The summed E-state index contributed by atoms with van der Waals surface area (Å²) in [6.45, 7) is 6.24. The molecule has 0 unspecified atom stereocenters. The quantitative estimate of drug-likeness (QED) is 0.563. The average Bonchev–Trinajstić information content (AvgIpc) is 3.01. The molecule has 0 saturated carbocycles. The first-order chi connectivity index (χ1) is 13.1. The number of pyridine rings is 1. The van der Waals surface area contributed by atoms with Crippen LogP contribution in [-0.4, -0.2) is 26.7 Å². The highest BCUT2D eigenvalue weighted by Gasteiger charge is 2.15. The number of hydrogen-bond acceptors (Lipinski definition) is 5. The molecular formula is C21H23N5O. The molecule has 0 saturated heterocycles. The van der Waals surface area contributed by atoms with Crippen LogP contribution in [0.5, 0.6) is 5.75 Å². The zero-order chi connectivity index (χ0) is 19.0. The van der Waals surface area contributed by atoms with Crippen molar-refractivity contribution in [3.8, 4) is 5.75 Å². The van der Waals surface area contributed by atoms with Gasteiger partial charge in [-0.25, -0.2) is 9.97 Å². The van der Waals surface area contributed by atoms with E-state index < -0.39 is 0 Å². The summed E-state index contributed by atoms with van der Waals surface area (Å²) in [7, 11) is 1.67. The topological polar surface area (TPSA) is 64.3 Å². The van der Waals surface area contributed by atoms with Crippen molar-refractivity contribution in [2.24, 2.45) is 0 Å². The minimum absolute atomic E-state index is 0.728. The van der Waals surface area contributed by atoms with Crippen LogP contribution < -0.4 is 10.1 Å². The van der Waals surface area contributed by atoms with Crippen molar-refractivity contribution in [3.05, 3.63) is 53.3 Å². The van der Waals surface area contributed by atoms with Crippen molar-refractivity contribution in [2.75, 3.05) is 12.4 Å². The predicted molar refractivity (Wildman–Crippen MR) is 108 cm³/mol. The van der Waals surface area contributed by atoms with E-state index in [4.69, 9.17) is 14.8 Å². The maximum Gasteiger partial charge on any atom is 0.184 e. The Kier molecular flexibility index (Phi) is 4.39. The molecule has 0 radical (unpaired) electrons. The highest BCUT2D eigenvalue weighted by Crippen LogP contribution is 2.27. The van der Waals surface area contributed by atoms with E-state index in [1.165, 1.54) is 0 Å². The van der Waals surface area contributed by atoms with Crippen molar-refractivity contribution >= 4 is 28.2 Å². The Morgan fingerprint density at radius 2 is 1.85 bits per heavy atom. The Hall–Kier alpha value is -3.15. The number of ether oxygens (including phenoxy) is 1. The zero-order valence-corrected chi connectivity index (χ0v) is 16.1. The first-order valence-corrected chi connectivity index (χ1v) is 9.16. The van der Waals surface area contributed by atoms with Crippen LogP contribution in [0, 0.1) is 13.8 Å². The van der Waals surface area contributed by atoms with Crippen LogP contribution in [0.2, 0.25) is 0 Å². The Balaban J connectivity index is 1.90. The standard InChI is InChI=1S/C21H23N5O/c1-5-6-16-12-18(23-15-7-9-17(27-4)10-8-15)26-21(24-16)19-13(2)11-14(3)22-20(19)25-26/h7-12,23H,5-6H2,1-4H3. The van der Waals surface area contributed by atoms with Crippen LogP contribution in [0.25, 0.3) is 16.7 Å². The molecule has 0 aliphatic carbocycles. The van der Waals surface area contributed by atoms with E-state index in [0.717, 1.165) is 63.7 Å². The molecule has 6 heteroatoms. The van der Waals surface area contributed by atoms with Crippen molar-refractivity contribution in [1.29, 1.82) is 0 Å².